The monoisotopic (exact) mass is 1360 g/mol. The predicted octanol–water partition coefficient (Wildman–Crippen LogP) is 23.1. The third kappa shape index (κ3) is 11.6. The van der Waals surface area contributed by atoms with Crippen molar-refractivity contribution in [2.45, 2.75) is 6.42 Å². The highest BCUT2D eigenvalue weighted by molar-refractivity contribution is 9.10. The summed E-state index contributed by atoms with van der Waals surface area (Å²) in [7, 11) is 0. The molecule has 0 atom stereocenters. The number of hydrogen-bond donors (Lipinski definition) is 0. The van der Waals surface area contributed by atoms with E-state index in [1.165, 1.54) is 87.6 Å². The normalized spacial score (nSPS) is 11.6. The minimum atomic E-state index is 0.639. The number of benzene rings is 14. The fourth-order valence-electron chi connectivity index (χ4n) is 14.1. The molecular formula is C91H60BrN9. The van der Waals surface area contributed by atoms with Crippen molar-refractivity contribution in [3.8, 4) is 96.5 Å². The summed E-state index contributed by atoms with van der Waals surface area (Å²) in [6.45, 7) is 0. The van der Waals surface area contributed by atoms with E-state index in [-0.39, 0.29) is 0 Å². The number of nitrogens with zero attached hydrogens (tertiary/aromatic N) is 9. The smallest absolute Gasteiger partial charge is 0.164 e. The van der Waals surface area contributed by atoms with Crippen molar-refractivity contribution in [1.82, 2.24) is 43.6 Å². The van der Waals surface area contributed by atoms with Crippen molar-refractivity contribution >= 4 is 81.1 Å². The van der Waals surface area contributed by atoms with Crippen LogP contribution in [0.25, 0.3) is 162 Å². The average molecular weight is 1360 g/mol. The van der Waals surface area contributed by atoms with Gasteiger partial charge in [-0.15, -0.1) is 0 Å². The highest BCUT2D eigenvalue weighted by Gasteiger charge is 2.24. The molecule has 5 aromatic heterocycles. The van der Waals surface area contributed by atoms with E-state index in [0.717, 1.165) is 61.2 Å². The van der Waals surface area contributed by atoms with Crippen molar-refractivity contribution < 1.29 is 0 Å². The third-order valence-corrected chi connectivity index (χ3v) is 19.5. The van der Waals surface area contributed by atoms with Crippen LogP contribution in [0.1, 0.15) is 11.1 Å². The van der Waals surface area contributed by atoms with E-state index in [9.17, 15) is 0 Å². The highest BCUT2D eigenvalue weighted by Crippen LogP contribution is 2.44. The lowest BCUT2D eigenvalue weighted by atomic mass is 9.97. The van der Waals surface area contributed by atoms with Gasteiger partial charge in [-0.3, -0.25) is 0 Å². The first-order chi connectivity index (χ1) is 50.0. The predicted molar refractivity (Wildman–Crippen MR) is 418 cm³/mol. The van der Waals surface area contributed by atoms with Crippen molar-refractivity contribution in [2.24, 2.45) is 0 Å². The molecule has 0 N–H and O–H groups in total. The SMILES string of the molecule is Brc1ccc(-c2nc(-c3ccccc3)nc(-c3ccccc3)n2)cc1.c1ccc(-c2nc(-c3ccccc3)nc(-c3ccc(-n4c5cc6c(ccn6-c6ccccc6)cc5c5c6ccccc6ccc54)cc3)n2)cc1.c1ccc(-n2ccc3cc4c(cc32)Cc2ccc3ccccc3c2-4)cc1. The zero-order valence-corrected chi connectivity index (χ0v) is 56.2. The van der Waals surface area contributed by atoms with Crippen LogP contribution in [0.2, 0.25) is 0 Å². The van der Waals surface area contributed by atoms with Crippen molar-refractivity contribution in [3.63, 3.8) is 0 Å². The zero-order valence-electron chi connectivity index (χ0n) is 54.6. The molecule has 0 aliphatic heterocycles. The van der Waals surface area contributed by atoms with Gasteiger partial charge in [0, 0.05) is 88.9 Å². The molecule has 0 fully saturated rings. The fraction of sp³-hybridized carbons (Fsp3) is 0.0110. The van der Waals surface area contributed by atoms with Gasteiger partial charge in [0.25, 0.3) is 0 Å². The van der Waals surface area contributed by atoms with Crippen LogP contribution in [0.3, 0.4) is 0 Å². The Morgan fingerprint density at radius 2 is 0.653 bits per heavy atom. The minimum Gasteiger partial charge on any atom is -0.317 e. The molecule has 0 saturated carbocycles. The molecule has 9 nitrogen and oxygen atoms in total. The number of aromatic nitrogens is 9. The lowest BCUT2D eigenvalue weighted by molar-refractivity contribution is 1.07. The van der Waals surface area contributed by atoms with E-state index in [4.69, 9.17) is 24.9 Å². The molecule has 101 heavy (non-hydrogen) atoms. The maximum Gasteiger partial charge on any atom is 0.164 e. The topological polar surface area (TPSA) is 92.1 Å². The van der Waals surface area contributed by atoms with E-state index in [1.807, 2.05) is 146 Å². The van der Waals surface area contributed by atoms with Crippen LogP contribution in [-0.2, 0) is 6.42 Å². The van der Waals surface area contributed by atoms with Gasteiger partial charge in [-0.25, -0.2) is 29.9 Å². The van der Waals surface area contributed by atoms with Gasteiger partial charge in [0.1, 0.15) is 0 Å². The molecule has 5 heterocycles. The first kappa shape index (κ1) is 60.4. The second-order valence-electron chi connectivity index (χ2n) is 25.2. The maximum absolute atomic E-state index is 4.96. The fourth-order valence-corrected chi connectivity index (χ4v) is 14.4. The summed E-state index contributed by atoms with van der Waals surface area (Å²) in [6.07, 6.45) is 5.37. The molecule has 19 aromatic rings. The Bertz CT molecular complexity index is 6140. The molecule has 20 rings (SSSR count). The number of fused-ring (bicyclic) bond motifs is 12. The Morgan fingerprint density at radius 3 is 1.15 bits per heavy atom. The van der Waals surface area contributed by atoms with Gasteiger partial charge in [0.05, 0.1) is 22.1 Å². The van der Waals surface area contributed by atoms with Gasteiger partial charge in [0.15, 0.2) is 34.9 Å². The molecule has 0 saturated heterocycles. The standard InChI is InChI=1S/C45H29N5.C25H17N.C21H14BrN3/c1-4-13-31(14-5-1)43-46-44(32-15-6-2-7-16-32)48-45(47-43)33-20-23-36(24-21-33)50-39-25-22-30-12-10-11-19-37(30)42(39)38-28-34-26-27-49(40(34)29-41(38)50)35-17-8-3-9-18-35;1-2-7-21(8-3-1)26-13-12-18-15-23-20(16-24(18)26)14-19-11-10-17-6-4-5-9-22(17)25(19)23;22-18-13-11-17(12-14-18)21-24-19(15-7-3-1-4-8-15)23-20(25-21)16-9-5-2-6-10-16/h1-29H;1-13,15-16H,14H2;1-14H. The quantitative estimate of drug-likeness (QED) is 0.143. The molecule has 1 aliphatic carbocycles. The van der Waals surface area contributed by atoms with Crippen LogP contribution in [-0.4, -0.2) is 43.6 Å². The number of halogens is 1. The molecule has 0 unspecified atom stereocenters. The van der Waals surface area contributed by atoms with E-state index >= 15 is 0 Å². The lowest BCUT2D eigenvalue weighted by Gasteiger charge is -2.11. The van der Waals surface area contributed by atoms with Crippen LogP contribution in [0, 0.1) is 0 Å². The van der Waals surface area contributed by atoms with Gasteiger partial charge in [-0.1, -0.05) is 253 Å². The molecule has 10 heteroatoms. The van der Waals surface area contributed by atoms with E-state index < -0.39 is 0 Å². The van der Waals surface area contributed by atoms with Gasteiger partial charge in [0.2, 0.25) is 0 Å². The van der Waals surface area contributed by atoms with Crippen LogP contribution in [0.15, 0.2) is 357 Å². The second-order valence-corrected chi connectivity index (χ2v) is 26.1. The molecule has 14 aromatic carbocycles. The number of hydrogen-bond acceptors (Lipinski definition) is 6. The van der Waals surface area contributed by atoms with E-state index in [2.05, 4.69) is 241 Å². The summed E-state index contributed by atoms with van der Waals surface area (Å²) < 4.78 is 7.97. The van der Waals surface area contributed by atoms with Gasteiger partial charge in [-0.2, -0.15) is 0 Å². The van der Waals surface area contributed by atoms with Crippen LogP contribution >= 0.6 is 15.9 Å². The molecule has 0 spiro atoms. The summed E-state index contributed by atoms with van der Waals surface area (Å²) in [4.78, 5) is 28.9. The number of rotatable bonds is 9. The molecule has 476 valence electrons. The van der Waals surface area contributed by atoms with Crippen molar-refractivity contribution in [2.75, 3.05) is 0 Å². The van der Waals surface area contributed by atoms with Crippen molar-refractivity contribution in [3.05, 3.63) is 368 Å². The summed E-state index contributed by atoms with van der Waals surface area (Å²) in [6, 6.07) is 118. The third-order valence-electron chi connectivity index (χ3n) is 19.0. The van der Waals surface area contributed by atoms with Crippen LogP contribution in [0.4, 0.5) is 0 Å². The molecule has 0 radical (unpaired) electrons. The van der Waals surface area contributed by atoms with Gasteiger partial charge in [-0.05, 0) is 153 Å². The number of para-hydroxylation sites is 2. The first-order valence-electron chi connectivity index (χ1n) is 33.8. The van der Waals surface area contributed by atoms with Gasteiger partial charge < -0.3 is 13.7 Å². The van der Waals surface area contributed by atoms with E-state index in [1.54, 1.807) is 0 Å². The Morgan fingerprint density at radius 1 is 0.257 bits per heavy atom. The summed E-state index contributed by atoms with van der Waals surface area (Å²) >= 11 is 3.47. The second kappa shape index (κ2) is 26.1. The van der Waals surface area contributed by atoms with Crippen LogP contribution in [0.5, 0.6) is 0 Å². The Balaban J connectivity index is 0.000000120. The van der Waals surface area contributed by atoms with E-state index in [0.29, 0.717) is 34.9 Å². The lowest BCUT2D eigenvalue weighted by Crippen LogP contribution is -2.00. The maximum atomic E-state index is 4.96. The zero-order chi connectivity index (χ0) is 67.2. The van der Waals surface area contributed by atoms with Crippen molar-refractivity contribution in [1.29, 1.82) is 0 Å². The Hall–Kier alpha value is -13.0. The average Bonchev–Trinajstić information content (AvgIpc) is 1.59. The summed E-state index contributed by atoms with van der Waals surface area (Å²) in [5, 5.41) is 10.2. The Kier molecular flexibility index (Phi) is 15.6. The molecule has 1 aliphatic rings. The molecule has 0 amide bonds. The molecule has 0 bridgehead atoms. The van der Waals surface area contributed by atoms with Gasteiger partial charge >= 0.3 is 0 Å². The first-order valence-corrected chi connectivity index (χ1v) is 34.6. The summed E-state index contributed by atoms with van der Waals surface area (Å²) in [5.74, 6) is 3.95. The minimum absolute atomic E-state index is 0.639. The largest absolute Gasteiger partial charge is 0.317 e. The summed E-state index contributed by atoms with van der Waals surface area (Å²) in [5.41, 5.74) is 19.6. The Labute approximate surface area is 591 Å². The van der Waals surface area contributed by atoms with Crippen LogP contribution < -0.4 is 0 Å². The highest BCUT2D eigenvalue weighted by atomic mass is 79.9. The molecular weight excluding hydrogens is 1300 g/mol.